The van der Waals surface area contributed by atoms with Crippen molar-refractivity contribution in [2.75, 3.05) is 13.1 Å². The Morgan fingerprint density at radius 3 is 2.81 bits per heavy atom. The van der Waals surface area contributed by atoms with Crippen LogP contribution in [0.15, 0.2) is 18.2 Å². The summed E-state index contributed by atoms with van der Waals surface area (Å²) < 4.78 is 26.6. The summed E-state index contributed by atoms with van der Waals surface area (Å²) in [5, 5.41) is 10.2. The van der Waals surface area contributed by atoms with Crippen molar-refractivity contribution >= 4 is 5.91 Å². The number of nitrogens with zero attached hydrogens (tertiary/aromatic N) is 1. The lowest BCUT2D eigenvalue weighted by atomic mass is 9.92. The van der Waals surface area contributed by atoms with E-state index in [1.54, 1.807) is 0 Å². The molecule has 1 saturated heterocycles. The summed E-state index contributed by atoms with van der Waals surface area (Å²) in [4.78, 5) is 13.2. The number of hydrogen-bond acceptors (Lipinski definition) is 3. The van der Waals surface area contributed by atoms with E-state index in [0.717, 1.165) is 25.0 Å². The minimum atomic E-state index is -1.07. The number of β-amino-alcohol motifs (C(OH)–C–C–N with tert-alkyl or cyclic N) is 1. The minimum absolute atomic E-state index is 0.0600. The maximum absolute atomic E-state index is 13.7. The Kier molecular flexibility index (Phi) is 4.90. The van der Waals surface area contributed by atoms with E-state index in [0.29, 0.717) is 6.54 Å². The number of amides is 1. The van der Waals surface area contributed by atoms with Crippen LogP contribution in [0.2, 0.25) is 0 Å². The van der Waals surface area contributed by atoms with Gasteiger partial charge >= 0.3 is 0 Å². The van der Waals surface area contributed by atoms with Crippen LogP contribution in [0.4, 0.5) is 8.78 Å². The molecule has 0 saturated carbocycles. The van der Waals surface area contributed by atoms with Gasteiger partial charge < -0.3 is 10.8 Å². The number of nitrogens with two attached hydrogens (primary N) is 1. The number of likely N-dealkylation sites (tertiary alicyclic amines) is 1. The fourth-order valence-corrected chi connectivity index (χ4v) is 2.76. The van der Waals surface area contributed by atoms with E-state index < -0.39 is 17.7 Å². The molecule has 3 unspecified atom stereocenters. The molecule has 4 nitrogen and oxygen atoms in total. The second-order valence-corrected chi connectivity index (χ2v) is 5.66. The predicted octanol–water partition coefficient (Wildman–Crippen LogP) is 1.58. The number of carbonyl (C=O) groups is 1. The van der Waals surface area contributed by atoms with E-state index in [-0.39, 0.29) is 30.0 Å². The Labute approximate surface area is 122 Å². The Bertz CT molecular complexity index is 524. The molecule has 1 aromatic rings. The predicted molar refractivity (Wildman–Crippen MR) is 74.3 cm³/mol. The molecular weight excluding hydrogens is 278 g/mol. The normalized spacial score (nSPS) is 24.8. The number of rotatable bonds is 4. The summed E-state index contributed by atoms with van der Waals surface area (Å²) in [6.07, 6.45) is 0.458. The van der Waals surface area contributed by atoms with E-state index in [1.165, 1.54) is 6.07 Å². The molecule has 1 fully saturated rings. The topological polar surface area (TPSA) is 66.6 Å². The Hall–Kier alpha value is -1.53. The second kappa shape index (κ2) is 6.49. The molecule has 0 aromatic heterocycles. The number of benzene rings is 1. The summed E-state index contributed by atoms with van der Waals surface area (Å²) in [6, 6.07) is 3.30. The molecule has 1 amide bonds. The maximum atomic E-state index is 13.7. The number of aliphatic hydroxyl groups excluding tert-OH is 1. The van der Waals surface area contributed by atoms with E-state index in [1.807, 2.05) is 11.8 Å². The third kappa shape index (κ3) is 3.77. The highest BCUT2D eigenvalue weighted by molar-refractivity contribution is 5.76. The highest BCUT2D eigenvalue weighted by Crippen LogP contribution is 2.25. The zero-order valence-corrected chi connectivity index (χ0v) is 11.9. The van der Waals surface area contributed by atoms with Crippen molar-refractivity contribution < 1.29 is 18.7 Å². The molecule has 6 heteroatoms. The number of halogens is 2. The molecule has 2 rings (SSSR count). The van der Waals surface area contributed by atoms with E-state index in [9.17, 15) is 18.7 Å². The van der Waals surface area contributed by atoms with Gasteiger partial charge in [0.2, 0.25) is 5.91 Å². The fourth-order valence-electron chi connectivity index (χ4n) is 2.76. The molecule has 0 spiro atoms. The second-order valence-electron chi connectivity index (χ2n) is 5.66. The summed E-state index contributed by atoms with van der Waals surface area (Å²) in [6.45, 7) is 2.63. The number of carbonyl (C=O) groups excluding carboxylic acids is 1. The average molecular weight is 298 g/mol. The molecule has 0 bridgehead atoms. The van der Waals surface area contributed by atoms with E-state index in [2.05, 4.69) is 0 Å². The van der Waals surface area contributed by atoms with Gasteiger partial charge in [-0.1, -0.05) is 6.07 Å². The van der Waals surface area contributed by atoms with Gasteiger partial charge in [0.15, 0.2) is 0 Å². The van der Waals surface area contributed by atoms with Crippen molar-refractivity contribution in [2.24, 2.45) is 11.7 Å². The lowest BCUT2D eigenvalue weighted by Crippen LogP contribution is -2.47. The van der Waals surface area contributed by atoms with Gasteiger partial charge in [-0.15, -0.1) is 0 Å². The van der Waals surface area contributed by atoms with Gasteiger partial charge in [-0.05, 0) is 25.8 Å². The first-order valence-electron chi connectivity index (χ1n) is 7.05. The van der Waals surface area contributed by atoms with Gasteiger partial charge in [0.1, 0.15) is 11.6 Å². The van der Waals surface area contributed by atoms with Crippen LogP contribution in [-0.2, 0) is 4.79 Å². The van der Waals surface area contributed by atoms with E-state index in [4.69, 9.17) is 5.73 Å². The summed E-state index contributed by atoms with van der Waals surface area (Å²) in [7, 11) is 0. The molecule has 3 atom stereocenters. The van der Waals surface area contributed by atoms with Crippen LogP contribution >= 0.6 is 0 Å². The monoisotopic (exact) mass is 298 g/mol. The van der Waals surface area contributed by atoms with Gasteiger partial charge in [-0.3, -0.25) is 9.69 Å². The molecule has 21 heavy (non-hydrogen) atoms. The average Bonchev–Trinajstić information content (AvgIpc) is 2.40. The molecule has 1 heterocycles. The number of hydrogen-bond donors (Lipinski definition) is 2. The molecule has 1 aliphatic heterocycles. The number of primary amides is 1. The molecule has 116 valence electrons. The van der Waals surface area contributed by atoms with Crippen LogP contribution in [0.25, 0.3) is 0 Å². The van der Waals surface area contributed by atoms with Crippen molar-refractivity contribution in [2.45, 2.75) is 31.9 Å². The number of aliphatic hydroxyl groups is 1. The van der Waals surface area contributed by atoms with Crippen molar-refractivity contribution in [3.05, 3.63) is 35.4 Å². The zero-order chi connectivity index (χ0) is 15.6. The first-order valence-corrected chi connectivity index (χ1v) is 7.05. The van der Waals surface area contributed by atoms with Crippen LogP contribution in [0.1, 0.15) is 31.4 Å². The zero-order valence-electron chi connectivity index (χ0n) is 11.9. The van der Waals surface area contributed by atoms with Crippen molar-refractivity contribution in [3.8, 4) is 0 Å². The fraction of sp³-hybridized carbons (Fsp3) is 0.533. The summed E-state index contributed by atoms with van der Waals surface area (Å²) in [5.74, 6) is -2.04. The Balaban J connectivity index is 2.06. The van der Waals surface area contributed by atoms with Gasteiger partial charge in [0, 0.05) is 30.8 Å². The Morgan fingerprint density at radius 2 is 2.19 bits per heavy atom. The van der Waals surface area contributed by atoms with Crippen LogP contribution < -0.4 is 5.73 Å². The molecule has 3 N–H and O–H groups in total. The maximum Gasteiger partial charge on any atom is 0.221 e. The first kappa shape index (κ1) is 15.9. The molecule has 0 radical (unpaired) electrons. The largest absolute Gasteiger partial charge is 0.387 e. The lowest BCUT2D eigenvalue weighted by molar-refractivity contribution is -0.124. The van der Waals surface area contributed by atoms with Gasteiger partial charge in [0.05, 0.1) is 12.0 Å². The lowest BCUT2D eigenvalue weighted by Gasteiger charge is -2.38. The number of piperidine rings is 1. The summed E-state index contributed by atoms with van der Waals surface area (Å²) in [5.41, 5.74) is 5.39. The molecule has 1 aliphatic rings. The van der Waals surface area contributed by atoms with Crippen LogP contribution in [0.5, 0.6) is 0 Å². The quantitative estimate of drug-likeness (QED) is 0.887. The highest BCUT2D eigenvalue weighted by Gasteiger charge is 2.30. The SMILES string of the molecule is CC1CCC(C(N)=O)CN1CC(O)c1ccc(F)cc1F. The third-order valence-electron chi connectivity index (χ3n) is 4.14. The van der Waals surface area contributed by atoms with Gasteiger partial charge in [-0.2, -0.15) is 0 Å². The van der Waals surface area contributed by atoms with Crippen molar-refractivity contribution in [1.29, 1.82) is 0 Å². The molecule has 1 aromatic carbocycles. The third-order valence-corrected chi connectivity index (χ3v) is 4.14. The first-order chi connectivity index (χ1) is 9.88. The molecule has 0 aliphatic carbocycles. The van der Waals surface area contributed by atoms with E-state index >= 15 is 0 Å². The summed E-state index contributed by atoms with van der Waals surface area (Å²) >= 11 is 0. The van der Waals surface area contributed by atoms with Crippen LogP contribution in [0, 0.1) is 17.6 Å². The standard InChI is InChI=1S/C15H20F2N2O2/c1-9-2-3-10(15(18)21)7-19(9)8-14(20)12-5-4-11(16)6-13(12)17/h4-6,9-10,14,20H,2-3,7-8H2,1H3,(H2,18,21). The molecular formula is C15H20F2N2O2. The minimum Gasteiger partial charge on any atom is -0.387 e. The highest BCUT2D eigenvalue weighted by atomic mass is 19.1. The van der Waals surface area contributed by atoms with Crippen LogP contribution in [0.3, 0.4) is 0 Å². The van der Waals surface area contributed by atoms with Gasteiger partial charge in [-0.25, -0.2) is 8.78 Å². The Morgan fingerprint density at radius 1 is 1.48 bits per heavy atom. The van der Waals surface area contributed by atoms with Crippen molar-refractivity contribution in [1.82, 2.24) is 4.90 Å². The van der Waals surface area contributed by atoms with Gasteiger partial charge in [0.25, 0.3) is 0 Å². The van der Waals surface area contributed by atoms with Crippen molar-refractivity contribution in [3.63, 3.8) is 0 Å². The van der Waals surface area contributed by atoms with Crippen LogP contribution in [-0.4, -0.2) is 35.0 Å². The smallest absolute Gasteiger partial charge is 0.221 e.